The van der Waals surface area contributed by atoms with Crippen molar-refractivity contribution in [3.8, 4) is 0 Å². The Morgan fingerprint density at radius 3 is 2.73 bits per heavy atom. The molecule has 11 heavy (non-hydrogen) atoms. The fourth-order valence-electron chi connectivity index (χ4n) is 3.04. The highest BCUT2D eigenvalue weighted by molar-refractivity contribution is 5.14. The highest BCUT2D eigenvalue weighted by Crippen LogP contribution is 2.63. The summed E-state index contributed by atoms with van der Waals surface area (Å²) >= 11 is 0. The zero-order chi connectivity index (χ0) is 8.11. The van der Waals surface area contributed by atoms with Gasteiger partial charge in [-0.15, -0.1) is 0 Å². The molecular formula is C9H16O2. The van der Waals surface area contributed by atoms with E-state index in [0.717, 1.165) is 25.7 Å². The largest absolute Gasteiger partial charge is 0.396 e. The van der Waals surface area contributed by atoms with Crippen LogP contribution in [0.15, 0.2) is 0 Å². The van der Waals surface area contributed by atoms with Crippen LogP contribution in [0.25, 0.3) is 0 Å². The molecule has 0 radical (unpaired) electrons. The van der Waals surface area contributed by atoms with Crippen molar-refractivity contribution in [2.24, 2.45) is 11.3 Å². The van der Waals surface area contributed by atoms with Crippen molar-refractivity contribution >= 4 is 0 Å². The van der Waals surface area contributed by atoms with Gasteiger partial charge in [-0.2, -0.15) is 0 Å². The lowest BCUT2D eigenvalue weighted by Crippen LogP contribution is -2.60. The molecule has 2 aliphatic carbocycles. The molecule has 0 spiro atoms. The van der Waals surface area contributed by atoms with Crippen LogP contribution in [0.5, 0.6) is 0 Å². The first-order chi connectivity index (χ1) is 5.12. The maximum absolute atomic E-state index is 10.1. The Morgan fingerprint density at radius 2 is 2.18 bits per heavy atom. The Kier molecular flexibility index (Phi) is 1.37. The summed E-state index contributed by atoms with van der Waals surface area (Å²) in [5.41, 5.74) is -0.373. The molecule has 0 heterocycles. The van der Waals surface area contributed by atoms with Gasteiger partial charge in [0.15, 0.2) is 0 Å². The van der Waals surface area contributed by atoms with Gasteiger partial charge in [-0.25, -0.2) is 0 Å². The molecule has 64 valence electrons. The first-order valence-corrected chi connectivity index (χ1v) is 4.46. The molecule has 0 bridgehead atoms. The van der Waals surface area contributed by atoms with Crippen LogP contribution in [-0.4, -0.2) is 22.4 Å². The number of aliphatic hydroxyl groups is 2. The molecule has 2 fully saturated rings. The monoisotopic (exact) mass is 156 g/mol. The van der Waals surface area contributed by atoms with Crippen molar-refractivity contribution in [2.75, 3.05) is 6.61 Å². The lowest BCUT2D eigenvalue weighted by molar-refractivity contribution is -0.199. The van der Waals surface area contributed by atoms with Gasteiger partial charge in [0.25, 0.3) is 0 Å². The van der Waals surface area contributed by atoms with Crippen molar-refractivity contribution in [3.05, 3.63) is 0 Å². The van der Waals surface area contributed by atoms with Gasteiger partial charge in [0.1, 0.15) is 0 Å². The number of hydrogen-bond donors (Lipinski definition) is 2. The third-order valence-corrected chi connectivity index (χ3v) is 3.92. The van der Waals surface area contributed by atoms with Gasteiger partial charge in [0, 0.05) is 12.5 Å². The van der Waals surface area contributed by atoms with Gasteiger partial charge in [0.05, 0.1) is 5.60 Å². The quantitative estimate of drug-likeness (QED) is 0.592. The molecule has 2 aliphatic rings. The Labute approximate surface area is 67.2 Å². The summed E-state index contributed by atoms with van der Waals surface area (Å²) < 4.78 is 0. The summed E-state index contributed by atoms with van der Waals surface area (Å²) in [6, 6.07) is 0. The van der Waals surface area contributed by atoms with Crippen molar-refractivity contribution in [1.29, 1.82) is 0 Å². The van der Waals surface area contributed by atoms with Gasteiger partial charge in [-0.1, -0.05) is 6.92 Å². The Balaban J connectivity index is 2.19. The zero-order valence-corrected chi connectivity index (χ0v) is 7.01. The molecule has 2 saturated carbocycles. The lowest BCUT2D eigenvalue weighted by atomic mass is 9.53. The van der Waals surface area contributed by atoms with Crippen LogP contribution in [0, 0.1) is 11.3 Å². The molecule has 0 aromatic rings. The standard InChI is InChI=1S/C9H16O2/c1-8-3-2-4-9(8,11)7(5-8)6-10/h7,10-11H,2-6H2,1H3/t7-,8+,9+/m0/s1. The summed E-state index contributed by atoms with van der Waals surface area (Å²) in [5.74, 6) is 0.162. The molecule has 0 unspecified atom stereocenters. The Morgan fingerprint density at radius 1 is 1.45 bits per heavy atom. The van der Waals surface area contributed by atoms with E-state index in [1.54, 1.807) is 0 Å². The summed E-state index contributed by atoms with van der Waals surface area (Å²) in [5, 5.41) is 19.1. The minimum Gasteiger partial charge on any atom is -0.396 e. The number of rotatable bonds is 1. The minimum absolute atomic E-state index is 0.139. The van der Waals surface area contributed by atoms with Crippen LogP contribution in [0.4, 0.5) is 0 Å². The smallest absolute Gasteiger partial charge is 0.0751 e. The highest BCUT2D eigenvalue weighted by Gasteiger charge is 2.63. The normalized spacial score (nSPS) is 55.4. The molecule has 0 saturated heterocycles. The minimum atomic E-state index is -0.512. The fraction of sp³-hybridized carbons (Fsp3) is 1.00. The number of aliphatic hydroxyl groups excluding tert-OH is 1. The van der Waals surface area contributed by atoms with Gasteiger partial charge in [0.2, 0.25) is 0 Å². The molecule has 0 aliphatic heterocycles. The average Bonchev–Trinajstić information content (AvgIpc) is 2.17. The first-order valence-electron chi connectivity index (χ1n) is 4.46. The third-order valence-electron chi connectivity index (χ3n) is 3.92. The maximum Gasteiger partial charge on any atom is 0.0751 e. The van der Waals surface area contributed by atoms with E-state index in [0.29, 0.717) is 0 Å². The summed E-state index contributed by atoms with van der Waals surface area (Å²) in [6.45, 7) is 2.30. The molecule has 3 atom stereocenters. The first kappa shape index (κ1) is 7.56. The van der Waals surface area contributed by atoms with Crippen LogP contribution < -0.4 is 0 Å². The molecule has 2 N–H and O–H groups in total. The van der Waals surface area contributed by atoms with Crippen molar-refractivity contribution in [3.63, 3.8) is 0 Å². The molecule has 0 amide bonds. The summed E-state index contributed by atoms with van der Waals surface area (Å²) in [6.07, 6.45) is 4.18. The van der Waals surface area contributed by atoms with E-state index in [4.69, 9.17) is 5.11 Å². The second-order valence-corrected chi connectivity index (χ2v) is 4.42. The topological polar surface area (TPSA) is 40.5 Å². The molecule has 0 aromatic heterocycles. The SMILES string of the molecule is C[C@]12CCC[C@@]1(O)[C@H](CO)C2. The van der Waals surface area contributed by atoms with E-state index in [1.165, 1.54) is 0 Å². The van der Waals surface area contributed by atoms with E-state index in [2.05, 4.69) is 6.92 Å². The molecular weight excluding hydrogens is 140 g/mol. The van der Waals surface area contributed by atoms with E-state index < -0.39 is 5.60 Å². The van der Waals surface area contributed by atoms with Crippen LogP contribution in [0.3, 0.4) is 0 Å². The predicted octanol–water partition coefficient (Wildman–Crippen LogP) is 0.920. The fourth-order valence-corrected chi connectivity index (χ4v) is 3.04. The van der Waals surface area contributed by atoms with Crippen molar-refractivity contribution in [1.82, 2.24) is 0 Å². The Bertz CT molecular complexity index is 180. The molecule has 2 rings (SSSR count). The lowest BCUT2D eigenvalue weighted by Gasteiger charge is -2.56. The van der Waals surface area contributed by atoms with Crippen LogP contribution in [0.1, 0.15) is 32.6 Å². The number of fused-ring (bicyclic) bond motifs is 1. The van der Waals surface area contributed by atoms with Crippen LogP contribution >= 0.6 is 0 Å². The van der Waals surface area contributed by atoms with Crippen molar-refractivity contribution in [2.45, 2.75) is 38.2 Å². The maximum atomic E-state index is 10.1. The second-order valence-electron chi connectivity index (χ2n) is 4.42. The van der Waals surface area contributed by atoms with Crippen LogP contribution in [0.2, 0.25) is 0 Å². The van der Waals surface area contributed by atoms with Gasteiger partial charge in [-0.3, -0.25) is 0 Å². The van der Waals surface area contributed by atoms with E-state index >= 15 is 0 Å². The second kappa shape index (κ2) is 1.99. The predicted molar refractivity (Wildman–Crippen MR) is 42.1 cm³/mol. The zero-order valence-electron chi connectivity index (χ0n) is 7.01. The summed E-state index contributed by atoms with van der Waals surface area (Å²) in [7, 11) is 0. The average molecular weight is 156 g/mol. The van der Waals surface area contributed by atoms with Crippen molar-refractivity contribution < 1.29 is 10.2 Å². The molecule has 2 heteroatoms. The molecule has 0 aromatic carbocycles. The highest BCUT2D eigenvalue weighted by atomic mass is 16.3. The molecule has 2 nitrogen and oxygen atoms in total. The van der Waals surface area contributed by atoms with E-state index in [1.807, 2.05) is 0 Å². The Hall–Kier alpha value is -0.0800. The third kappa shape index (κ3) is 0.695. The van der Waals surface area contributed by atoms with Crippen LogP contribution in [-0.2, 0) is 0 Å². The number of hydrogen-bond acceptors (Lipinski definition) is 2. The van der Waals surface area contributed by atoms with Gasteiger partial charge >= 0.3 is 0 Å². The van der Waals surface area contributed by atoms with E-state index in [-0.39, 0.29) is 17.9 Å². The van der Waals surface area contributed by atoms with E-state index in [9.17, 15) is 5.11 Å². The van der Waals surface area contributed by atoms with Gasteiger partial charge < -0.3 is 10.2 Å². The van der Waals surface area contributed by atoms with Gasteiger partial charge in [-0.05, 0) is 31.1 Å². The summed E-state index contributed by atoms with van der Waals surface area (Å²) in [4.78, 5) is 0.